The highest BCUT2D eigenvalue weighted by molar-refractivity contribution is 8.00. The van der Waals surface area contributed by atoms with Crippen LogP contribution in [0.4, 0.5) is 5.69 Å². The Kier molecular flexibility index (Phi) is 3.31. The van der Waals surface area contributed by atoms with Crippen molar-refractivity contribution in [3.63, 3.8) is 0 Å². The van der Waals surface area contributed by atoms with Crippen molar-refractivity contribution in [2.75, 3.05) is 10.7 Å². The molecule has 0 aliphatic carbocycles. The molecule has 1 aliphatic rings. The Labute approximate surface area is 133 Å². The van der Waals surface area contributed by atoms with Gasteiger partial charge in [0.15, 0.2) is 0 Å². The fraction of sp³-hybridized carbons (Fsp3) is 0.111. The van der Waals surface area contributed by atoms with Gasteiger partial charge < -0.3 is 0 Å². The van der Waals surface area contributed by atoms with E-state index < -0.39 is 0 Å². The molecular formula is C18H14N2OS. The van der Waals surface area contributed by atoms with Crippen LogP contribution in [0.15, 0.2) is 66.9 Å². The first-order valence-electron chi connectivity index (χ1n) is 7.16. The van der Waals surface area contributed by atoms with Crippen LogP contribution in [-0.4, -0.2) is 16.6 Å². The average molecular weight is 306 g/mol. The van der Waals surface area contributed by atoms with Gasteiger partial charge in [0.2, 0.25) is 5.91 Å². The third-order valence-electron chi connectivity index (χ3n) is 3.82. The van der Waals surface area contributed by atoms with Gasteiger partial charge in [-0.05, 0) is 35.0 Å². The molecule has 1 atom stereocenters. The molecule has 1 amide bonds. The molecule has 1 aliphatic heterocycles. The number of hydrogen-bond donors (Lipinski definition) is 0. The number of rotatable bonds is 2. The lowest BCUT2D eigenvalue weighted by molar-refractivity contribution is -0.115. The normalized spacial score (nSPS) is 18.1. The minimum Gasteiger partial charge on any atom is -0.293 e. The largest absolute Gasteiger partial charge is 0.293 e. The number of aromatic nitrogens is 1. The standard InChI is InChI=1S/C18H14N2OS/c21-17-12-22-18(16-7-3-4-10-19-16)20(17)15-9-8-13-5-1-2-6-14(13)11-15/h1-11,18H,12H2/t18-/m0/s1. The molecule has 0 unspecified atom stereocenters. The highest BCUT2D eigenvalue weighted by Gasteiger charge is 2.34. The molecule has 4 rings (SSSR count). The van der Waals surface area contributed by atoms with Crippen LogP contribution in [0.25, 0.3) is 10.8 Å². The average Bonchev–Trinajstić information content (AvgIpc) is 2.97. The van der Waals surface area contributed by atoms with E-state index in [0.29, 0.717) is 5.75 Å². The van der Waals surface area contributed by atoms with Crippen LogP contribution in [0.3, 0.4) is 0 Å². The predicted octanol–water partition coefficient (Wildman–Crippen LogP) is 4.01. The van der Waals surface area contributed by atoms with E-state index in [9.17, 15) is 4.79 Å². The number of fused-ring (bicyclic) bond motifs is 1. The molecule has 1 saturated heterocycles. The Morgan fingerprint density at radius 3 is 2.64 bits per heavy atom. The van der Waals surface area contributed by atoms with E-state index in [1.54, 1.807) is 18.0 Å². The van der Waals surface area contributed by atoms with Gasteiger partial charge in [0.25, 0.3) is 0 Å². The van der Waals surface area contributed by atoms with Gasteiger partial charge in [-0.15, -0.1) is 11.8 Å². The Morgan fingerprint density at radius 1 is 1.00 bits per heavy atom. The summed E-state index contributed by atoms with van der Waals surface area (Å²) in [6.07, 6.45) is 1.78. The monoisotopic (exact) mass is 306 g/mol. The van der Waals surface area contributed by atoms with Gasteiger partial charge in [-0.1, -0.05) is 36.4 Å². The zero-order chi connectivity index (χ0) is 14.9. The lowest BCUT2D eigenvalue weighted by Crippen LogP contribution is -2.28. The van der Waals surface area contributed by atoms with Crippen LogP contribution in [-0.2, 0) is 4.79 Å². The van der Waals surface area contributed by atoms with Crippen LogP contribution in [0.5, 0.6) is 0 Å². The highest BCUT2D eigenvalue weighted by atomic mass is 32.2. The van der Waals surface area contributed by atoms with E-state index in [0.717, 1.165) is 16.8 Å². The van der Waals surface area contributed by atoms with Crippen LogP contribution in [0.1, 0.15) is 11.1 Å². The lowest BCUT2D eigenvalue weighted by Gasteiger charge is -2.23. The molecule has 2 aromatic carbocycles. The fourth-order valence-electron chi connectivity index (χ4n) is 2.77. The van der Waals surface area contributed by atoms with Gasteiger partial charge in [0.05, 0.1) is 11.4 Å². The topological polar surface area (TPSA) is 33.2 Å². The van der Waals surface area contributed by atoms with Gasteiger partial charge in [0, 0.05) is 11.9 Å². The summed E-state index contributed by atoms with van der Waals surface area (Å²) < 4.78 is 0. The molecule has 0 spiro atoms. The number of amides is 1. The summed E-state index contributed by atoms with van der Waals surface area (Å²) in [5.74, 6) is 0.629. The second kappa shape index (κ2) is 5.46. The lowest BCUT2D eigenvalue weighted by atomic mass is 10.1. The van der Waals surface area contributed by atoms with Crippen LogP contribution >= 0.6 is 11.8 Å². The number of thioether (sulfide) groups is 1. The van der Waals surface area contributed by atoms with E-state index in [-0.39, 0.29) is 11.3 Å². The maximum atomic E-state index is 12.4. The van der Waals surface area contributed by atoms with Crippen molar-refractivity contribution in [2.24, 2.45) is 0 Å². The summed E-state index contributed by atoms with van der Waals surface area (Å²) in [5, 5.41) is 2.28. The first-order valence-corrected chi connectivity index (χ1v) is 8.21. The van der Waals surface area contributed by atoms with Crippen molar-refractivity contribution < 1.29 is 4.79 Å². The van der Waals surface area contributed by atoms with Crippen molar-refractivity contribution in [3.05, 3.63) is 72.6 Å². The van der Waals surface area contributed by atoms with Crippen molar-refractivity contribution in [2.45, 2.75) is 5.37 Å². The molecule has 1 aromatic heterocycles. The summed E-state index contributed by atoms with van der Waals surface area (Å²) in [4.78, 5) is 18.7. The summed E-state index contributed by atoms with van der Waals surface area (Å²) >= 11 is 1.63. The first kappa shape index (κ1) is 13.3. The molecule has 0 N–H and O–H groups in total. The summed E-state index contributed by atoms with van der Waals surface area (Å²) in [6, 6.07) is 20.2. The van der Waals surface area contributed by atoms with E-state index in [4.69, 9.17) is 0 Å². The maximum absolute atomic E-state index is 12.4. The minimum absolute atomic E-state index is 0.0464. The highest BCUT2D eigenvalue weighted by Crippen LogP contribution is 2.41. The molecule has 3 aromatic rings. The van der Waals surface area contributed by atoms with E-state index in [2.05, 4.69) is 29.2 Å². The zero-order valence-electron chi connectivity index (χ0n) is 11.8. The molecule has 0 radical (unpaired) electrons. The molecule has 108 valence electrons. The molecule has 0 bridgehead atoms. The Hall–Kier alpha value is -2.33. The van der Waals surface area contributed by atoms with E-state index in [1.807, 2.05) is 41.3 Å². The van der Waals surface area contributed by atoms with E-state index in [1.165, 1.54) is 5.39 Å². The number of benzene rings is 2. The maximum Gasteiger partial charge on any atom is 0.238 e. The number of hydrogen-bond acceptors (Lipinski definition) is 3. The van der Waals surface area contributed by atoms with Gasteiger partial charge in [-0.3, -0.25) is 14.7 Å². The number of nitrogens with zero attached hydrogens (tertiary/aromatic N) is 2. The Bertz CT molecular complexity index is 835. The van der Waals surface area contributed by atoms with Crippen LogP contribution in [0, 0.1) is 0 Å². The molecule has 22 heavy (non-hydrogen) atoms. The smallest absolute Gasteiger partial charge is 0.238 e. The first-order chi connectivity index (χ1) is 10.8. The van der Waals surface area contributed by atoms with E-state index >= 15 is 0 Å². The summed E-state index contributed by atoms with van der Waals surface area (Å²) in [6.45, 7) is 0. The molecule has 0 saturated carbocycles. The molecule has 1 fully saturated rings. The number of pyridine rings is 1. The van der Waals surface area contributed by atoms with Crippen molar-refractivity contribution >= 4 is 34.1 Å². The van der Waals surface area contributed by atoms with Crippen molar-refractivity contribution in [3.8, 4) is 0 Å². The van der Waals surface area contributed by atoms with Gasteiger partial charge >= 0.3 is 0 Å². The Balaban J connectivity index is 1.78. The zero-order valence-corrected chi connectivity index (χ0v) is 12.7. The predicted molar refractivity (Wildman–Crippen MR) is 90.9 cm³/mol. The second-order valence-corrected chi connectivity index (χ2v) is 6.28. The summed E-state index contributed by atoms with van der Waals surface area (Å²) in [7, 11) is 0. The molecular weight excluding hydrogens is 292 g/mol. The quantitative estimate of drug-likeness (QED) is 0.717. The minimum atomic E-state index is -0.0464. The van der Waals surface area contributed by atoms with Crippen molar-refractivity contribution in [1.29, 1.82) is 0 Å². The number of anilines is 1. The SMILES string of the molecule is O=C1CS[C@@H](c2ccccn2)N1c1ccc2ccccc2c1. The molecule has 2 heterocycles. The third-order valence-corrected chi connectivity index (χ3v) is 5.00. The second-order valence-electron chi connectivity index (χ2n) is 5.21. The Morgan fingerprint density at radius 2 is 1.82 bits per heavy atom. The van der Waals surface area contributed by atoms with Crippen LogP contribution < -0.4 is 4.90 Å². The number of carbonyl (C=O) groups is 1. The molecule has 3 nitrogen and oxygen atoms in total. The molecule has 4 heteroatoms. The fourth-order valence-corrected chi connectivity index (χ4v) is 3.91. The third kappa shape index (κ3) is 2.25. The van der Waals surface area contributed by atoms with Gasteiger partial charge in [-0.2, -0.15) is 0 Å². The van der Waals surface area contributed by atoms with Gasteiger partial charge in [-0.25, -0.2) is 0 Å². The van der Waals surface area contributed by atoms with Crippen LogP contribution in [0.2, 0.25) is 0 Å². The van der Waals surface area contributed by atoms with Crippen molar-refractivity contribution in [1.82, 2.24) is 4.98 Å². The summed E-state index contributed by atoms with van der Waals surface area (Å²) in [5.41, 5.74) is 1.86. The number of carbonyl (C=O) groups excluding carboxylic acids is 1. The van der Waals surface area contributed by atoms with Gasteiger partial charge in [0.1, 0.15) is 5.37 Å².